The van der Waals surface area contributed by atoms with Crippen LogP contribution in [0.2, 0.25) is 38.3 Å². The molecule has 0 radical (unpaired) electrons. The van der Waals surface area contributed by atoms with E-state index in [9.17, 15) is 9.59 Å². The predicted molar refractivity (Wildman–Crippen MR) is 270 cm³/mol. The normalized spacial score (nSPS) is 11.3. The van der Waals surface area contributed by atoms with Crippen molar-refractivity contribution in [2.75, 3.05) is 37.2 Å². The number of carbonyl (C=O) groups is 2. The smallest absolute Gasteiger partial charge is 0.330 e. The van der Waals surface area contributed by atoms with E-state index < -0.39 is 16.1 Å². The molecular weight excluding hydrogens is 829 g/mol. The van der Waals surface area contributed by atoms with E-state index in [4.69, 9.17) is 18.9 Å². The minimum atomic E-state index is -1.78. The third-order valence-corrected chi connectivity index (χ3v) is 18.8. The van der Waals surface area contributed by atoms with Gasteiger partial charge in [-0.25, -0.2) is 9.59 Å². The van der Waals surface area contributed by atoms with Gasteiger partial charge in [0.25, 0.3) is 0 Å². The Morgan fingerprint density at radius 1 is 0.453 bits per heavy atom. The summed E-state index contributed by atoms with van der Waals surface area (Å²) in [5.41, 5.74) is 8.45. The first-order chi connectivity index (χ1) is 30.8. The summed E-state index contributed by atoms with van der Waals surface area (Å²) in [4.78, 5) is 27.6. The lowest BCUT2D eigenvalue weighted by molar-refractivity contribution is -0.138. The molecule has 0 bridgehead atoms. The molecule has 64 heavy (non-hydrogen) atoms. The molecule has 0 unspecified atom stereocenters. The molecule has 0 aliphatic carbocycles. The molecule has 6 aromatic rings. The molecule has 0 fully saturated rings. The summed E-state index contributed by atoms with van der Waals surface area (Å²) >= 11 is 0. The van der Waals surface area contributed by atoms with Crippen LogP contribution < -0.4 is 29.6 Å². The summed E-state index contributed by atoms with van der Waals surface area (Å²) in [6, 6.07) is 53.6. The van der Waals surface area contributed by atoms with E-state index in [1.807, 2.05) is 24.3 Å². The molecule has 0 aliphatic heterocycles. The van der Waals surface area contributed by atoms with E-state index in [1.54, 1.807) is 14.2 Å². The zero-order chi connectivity index (χ0) is 45.7. The number of ether oxygens (including phenoxy) is 4. The molecule has 10 heteroatoms. The first-order valence-electron chi connectivity index (χ1n) is 21.7. The second-order valence-electron chi connectivity index (χ2n) is 17.0. The summed E-state index contributed by atoms with van der Waals surface area (Å²) < 4.78 is 21.5. The largest absolute Gasteiger partial charge is 0.497 e. The van der Waals surface area contributed by atoms with Gasteiger partial charge in [-0.1, -0.05) is 110 Å². The summed E-state index contributed by atoms with van der Waals surface area (Å²) in [5.74, 6) is 0.854. The van der Waals surface area contributed by atoms with Crippen molar-refractivity contribution in [3.8, 4) is 22.6 Å². The average molecular weight is 889 g/mol. The van der Waals surface area contributed by atoms with Crippen LogP contribution in [0.25, 0.3) is 11.1 Å². The zero-order valence-corrected chi connectivity index (χ0v) is 40.0. The van der Waals surface area contributed by atoms with E-state index in [0.29, 0.717) is 13.2 Å². The van der Waals surface area contributed by atoms with Crippen molar-refractivity contribution < 1.29 is 28.5 Å². The molecule has 0 aliphatic rings. The average Bonchev–Trinajstić information content (AvgIpc) is 3.33. The highest BCUT2D eigenvalue weighted by Gasteiger charge is 2.25. The van der Waals surface area contributed by atoms with E-state index in [-0.39, 0.29) is 11.9 Å². The van der Waals surface area contributed by atoms with Gasteiger partial charge in [0.15, 0.2) is 0 Å². The lowest BCUT2D eigenvalue weighted by atomic mass is 10.0. The molecule has 0 saturated heterocycles. The van der Waals surface area contributed by atoms with Gasteiger partial charge in [0.05, 0.1) is 43.6 Å². The maximum Gasteiger partial charge on any atom is 0.330 e. The lowest BCUT2D eigenvalue weighted by Gasteiger charge is -2.28. The number of hydrogen-bond acceptors (Lipinski definition) is 8. The number of rotatable bonds is 21. The quantitative estimate of drug-likeness (QED) is 0.0306. The van der Waals surface area contributed by atoms with Crippen LogP contribution >= 0.6 is 0 Å². The summed E-state index contributed by atoms with van der Waals surface area (Å²) in [6.07, 6.45) is 4.07. The van der Waals surface area contributed by atoms with Gasteiger partial charge in [-0.05, 0) is 121 Å². The monoisotopic (exact) mass is 888 g/mol. The number of nitrogens with zero attached hydrogens (tertiary/aromatic N) is 2. The molecule has 0 spiro atoms. The standard InChI is InChI=1S/C54H60N2O6Si2/c1-9-53(57)61-37-11-39-63(5,6)51-33-25-47(26-34-51)55(45-21-29-49(59-3)30-22-45)43-17-13-41(14-18-43)42-15-19-44(20-16-42)56(46-23-31-50(60-4)32-24-46)48-27-35-52(36-28-48)64(7,8)40-12-38-62-54(58)10-2/h9-10,13-36H,1-2,11-12,37-40H2,3-8H3. The fourth-order valence-electron chi connectivity index (χ4n) is 7.87. The van der Waals surface area contributed by atoms with Gasteiger partial charge in [0.2, 0.25) is 0 Å². The number of carbonyl (C=O) groups excluding carboxylic acids is 2. The highest BCUT2D eigenvalue weighted by Crippen LogP contribution is 2.39. The molecule has 330 valence electrons. The van der Waals surface area contributed by atoms with Gasteiger partial charge in [0, 0.05) is 46.3 Å². The van der Waals surface area contributed by atoms with Crippen molar-refractivity contribution in [1.82, 2.24) is 0 Å². The van der Waals surface area contributed by atoms with Crippen LogP contribution in [0.1, 0.15) is 12.8 Å². The van der Waals surface area contributed by atoms with Gasteiger partial charge in [-0.2, -0.15) is 0 Å². The van der Waals surface area contributed by atoms with Gasteiger partial charge in [-0.15, -0.1) is 0 Å². The van der Waals surface area contributed by atoms with E-state index in [1.165, 1.54) is 22.5 Å². The van der Waals surface area contributed by atoms with Crippen LogP contribution in [-0.2, 0) is 19.1 Å². The Hall–Kier alpha value is -6.63. The Morgan fingerprint density at radius 3 is 0.984 bits per heavy atom. The second kappa shape index (κ2) is 21.6. The molecular formula is C54H60N2O6Si2. The Labute approximate surface area is 381 Å². The maximum atomic E-state index is 11.5. The molecule has 0 amide bonds. The van der Waals surface area contributed by atoms with Gasteiger partial charge in [-0.3, -0.25) is 0 Å². The number of benzene rings is 6. The van der Waals surface area contributed by atoms with Crippen molar-refractivity contribution in [1.29, 1.82) is 0 Å². The molecule has 0 heterocycles. The Bertz CT molecular complexity index is 2290. The van der Waals surface area contributed by atoms with Crippen LogP contribution in [0.3, 0.4) is 0 Å². The first-order valence-corrected chi connectivity index (χ1v) is 28.2. The van der Waals surface area contributed by atoms with Crippen LogP contribution in [0.5, 0.6) is 11.5 Å². The van der Waals surface area contributed by atoms with E-state index in [0.717, 1.165) is 81.7 Å². The molecule has 6 rings (SSSR count). The van der Waals surface area contributed by atoms with Crippen LogP contribution in [0, 0.1) is 0 Å². The van der Waals surface area contributed by atoms with Gasteiger partial charge in [0.1, 0.15) is 11.5 Å². The Kier molecular flexibility index (Phi) is 15.8. The predicted octanol–water partition coefficient (Wildman–Crippen LogP) is 12.4. The molecule has 0 atom stereocenters. The minimum Gasteiger partial charge on any atom is -0.497 e. The number of hydrogen-bond donors (Lipinski definition) is 0. The Morgan fingerprint density at radius 2 is 0.719 bits per heavy atom. The van der Waals surface area contributed by atoms with Crippen molar-refractivity contribution >= 4 is 72.6 Å². The van der Waals surface area contributed by atoms with Gasteiger partial charge >= 0.3 is 11.9 Å². The fourth-order valence-corrected chi connectivity index (χ4v) is 12.6. The second-order valence-corrected chi connectivity index (χ2v) is 26.7. The molecule has 0 saturated carbocycles. The van der Waals surface area contributed by atoms with Gasteiger partial charge < -0.3 is 28.7 Å². The summed E-state index contributed by atoms with van der Waals surface area (Å²) in [5, 5.41) is 2.70. The zero-order valence-electron chi connectivity index (χ0n) is 38.0. The third kappa shape index (κ3) is 11.9. The van der Waals surface area contributed by atoms with Crippen molar-refractivity contribution in [2.24, 2.45) is 0 Å². The van der Waals surface area contributed by atoms with E-state index >= 15 is 0 Å². The van der Waals surface area contributed by atoms with Crippen molar-refractivity contribution in [3.63, 3.8) is 0 Å². The van der Waals surface area contributed by atoms with Crippen LogP contribution in [0.15, 0.2) is 171 Å². The number of esters is 2. The first kappa shape index (κ1) is 46.9. The van der Waals surface area contributed by atoms with Crippen molar-refractivity contribution in [2.45, 2.75) is 51.1 Å². The van der Waals surface area contributed by atoms with Crippen LogP contribution in [0.4, 0.5) is 34.1 Å². The lowest BCUT2D eigenvalue weighted by Crippen LogP contribution is -2.41. The van der Waals surface area contributed by atoms with Crippen molar-refractivity contribution in [3.05, 3.63) is 171 Å². The topological polar surface area (TPSA) is 77.5 Å². The molecule has 8 nitrogen and oxygen atoms in total. The molecule has 6 aromatic carbocycles. The minimum absolute atomic E-state index is 0.374. The molecule has 0 aromatic heterocycles. The Balaban J connectivity index is 1.24. The molecule has 0 N–H and O–H groups in total. The maximum absolute atomic E-state index is 11.5. The highest BCUT2D eigenvalue weighted by atomic mass is 28.3. The number of methoxy groups -OCH3 is 2. The SMILES string of the molecule is C=CC(=O)OCCC[Si](C)(C)c1ccc(N(c2ccc(OC)cc2)c2ccc(-c3ccc(N(c4ccc(OC)cc4)c4ccc([Si](C)(C)CCCOC(=O)C=C)cc4)cc3)cc2)cc1. The third-order valence-electron chi connectivity index (χ3n) is 11.8. The highest BCUT2D eigenvalue weighted by molar-refractivity contribution is 6.90. The number of anilines is 6. The summed E-state index contributed by atoms with van der Waals surface area (Å²) in [6.45, 7) is 17.2. The van der Waals surface area contributed by atoms with E-state index in [2.05, 4.69) is 170 Å². The summed E-state index contributed by atoms with van der Waals surface area (Å²) in [7, 11) is -0.198. The fraction of sp³-hybridized carbons (Fsp3) is 0.222. The van der Waals surface area contributed by atoms with Crippen LogP contribution in [-0.4, -0.2) is 55.5 Å².